The molecule has 9 heteroatoms. The van der Waals surface area contributed by atoms with Gasteiger partial charge in [-0.3, -0.25) is 0 Å². The van der Waals surface area contributed by atoms with Gasteiger partial charge in [-0.2, -0.15) is 4.98 Å². The smallest absolute Gasteiger partial charge is 0.319 e. The van der Waals surface area contributed by atoms with Crippen molar-refractivity contribution in [3.63, 3.8) is 0 Å². The highest BCUT2D eigenvalue weighted by molar-refractivity contribution is 7.98. The lowest BCUT2D eigenvalue weighted by Gasteiger charge is -2.30. The maximum absolute atomic E-state index is 12.1. The standard InChI is InChI=1S/C27H30N6O2S/c1-16(2)30-26(34)31-18-9-7-17(8-10-18)25-24(28)21-12-11-20(15-22(21)33(25)19-5-4-6-19)35-23-13-14-29-27(32-23)36-3/h7-16,19H,4-6,28H2,1-3H3,(H2,30,31,34). The number of thioether (sulfide) groups is 1. The molecule has 0 spiro atoms. The van der Waals surface area contributed by atoms with Crippen molar-refractivity contribution in [2.45, 2.75) is 50.4 Å². The molecule has 1 aliphatic rings. The van der Waals surface area contributed by atoms with E-state index in [2.05, 4.69) is 25.2 Å². The number of hydrogen-bond donors (Lipinski definition) is 3. The topological polar surface area (TPSA) is 107 Å². The molecule has 2 amide bonds. The average molecular weight is 503 g/mol. The minimum atomic E-state index is -0.221. The van der Waals surface area contributed by atoms with Crippen LogP contribution in [0.2, 0.25) is 0 Å². The van der Waals surface area contributed by atoms with Crippen LogP contribution in [0.5, 0.6) is 11.6 Å². The van der Waals surface area contributed by atoms with Crippen LogP contribution in [0.25, 0.3) is 22.2 Å². The lowest BCUT2D eigenvalue weighted by atomic mass is 9.92. The van der Waals surface area contributed by atoms with Gasteiger partial charge in [-0.25, -0.2) is 9.78 Å². The van der Waals surface area contributed by atoms with Crippen LogP contribution >= 0.6 is 11.8 Å². The first-order valence-electron chi connectivity index (χ1n) is 12.1. The van der Waals surface area contributed by atoms with Gasteiger partial charge in [0.15, 0.2) is 5.16 Å². The molecular weight excluding hydrogens is 472 g/mol. The van der Waals surface area contributed by atoms with Crippen LogP contribution in [-0.4, -0.2) is 32.9 Å². The van der Waals surface area contributed by atoms with Gasteiger partial charge in [0.25, 0.3) is 0 Å². The van der Waals surface area contributed by atoms with Gasteiger partial charge < -0.3 is 25.7 Å². The molecule has 0 atom stereocenters. The van der Waals surface area contributed by atoms with Gasteiger partial charge in [-0.15, -0.1) is 0 Å². The molecule has 5 rings (SSSR count). The summed E-state index contributed by atoms with van der Waals surface area (Å²) in [5.74, 6) is 1.21. The molecule has 2 aromatic carbocycles. The molecule has 8 nitrogen and oxygen atoms in total. The summed E-state index contributed by atoms with van der Waals surface area (Å²) in [5.41, 5.74) is 11.3. The summed E-state index contributed by atoms with van der Waals surface area (Å²) in [6.07, 6.45) is 7.06. The van der Waals surface area contributed by atoms with Gasteiger partial charge in [0.2, 0.25) is 5.88 Å². The zero-order valence-electron chi connectivity index (χ0n) is 20.6. The van der Waals surface area contributed by atoms with E-state index in [4.69, 9.17) is 10.5 Å². The molecule has 1 aliphatic carbocycles. The van der Waals surface area contributed by atoms with E-state index in [1.165, 1.54) is 18.2 Å². The molecule has 0 saturated heterocycles. The second kappa shape index (κ2) is 10.1. The summed E-state index contributed by atoms with van der Waals surface area (Å²) in [6.45, 7) is 3.85. The number of nitrogens with two attached hydrogens (primary N) is 1. The summed E-state index contributed by atoms with van der Waals surface area (Å²) in [7, 11) is 0. The van der Waals surface area contributed by atoms with Crippen molar-refractivity contribution in [2.75, 3.05) is 17.3 Å². The maximum atomic E-state index is 12.1. The fourth-order valence-corrected chi connectivity index (χ4v) is 4.79. The lowest BCUT2D eigenvalue weighted by molar-refractivity contribution is 0.250. The Kier molecular flexibility index (Phi) is 6.73. The SMILES string of the molecule is CSc1nccc(Oc2ccc3c(N)c(-c4ccc(NC(=O)NC(C)C)cc4)n(C4CCC4)c3c2)n1. The van der Waals surface area contributed by atoms with Gasteiger partial charge in [0, 0.05) is 47.1 Å². The first-order chi connectivity index (χ1) is 17.4. The number of ether oxygens (including phenoxy) is 1. The van der Waals surface area contributed by atoms with Crippen molar-refractivity contribution in [1.82, 2.24) is 19.9 Å². The van der Waals surface area contributed by atoms with E-state index < -0.39 is 0 Å². The Balaban J connectivity index is 1.50. The van der Waals surface area contributed by atoms with E-state index in [-0.39, 0.29) is 12.1 Å². The zero-order valence-corrected chi connectivity index (χ0v) is 21.4. The predicted molar refractivity (Wildman–Crippen MR) is 146 cm³/mol. The van der Waals surface area contributed by atoms with Gasteiger partial charge in [-0.05, 0) is 63.6 Å². The Morgan fingerprint density at radius 3 is 2.61 bits per heavy atom. The summed E-state index contributed by atoms with van der Waals surface area (Å²) in [4.78, 5) is 20.7. The normalized spacial score (nSPS) is 13.6. The maximum Gasteiger partial charge on any atom is 0.319 e. The third kappa shape index (κ3) is 4.83. The number of carbonyl (C=O) groups is 1. The van der Waals surface area contributed by atoms with Gasteiger partial charge >= 0.3 is 6.03 Å². The van der Waals surface area contributed by atoms with E-state index in [1.807, 2.05) is 62.6 Å². The van der Waals surface area contributed by atoms with Crippen LogP contribution in [-0.2, 0) is 0 Å². The molecule has 2 aromatic heterocycles. The average Bonchev–Trinajstić information content (AvgIpc) is 3.09. The van der Waals surface area contributed by atoms with E-state index in [9.17, 15) is 4.79 Å². The summed E-state index contributed by atoms with van der Waals surface area (Å²) in [6, 6.07) is 15.8. The predicted octanol–water partition coefficient (Wildman–Crippen LogP) is 6.45. The van der Waals surface area contributed by atoms with Gasteiger partial charge in [0.1, 0.15) is 5.75 Å². The number of rotatable bonds is 7. The molecule has 36 heavy (non-hydrogen) atoms. The summed E-state index contributed by atoms with van der Waals surface area (Å²) < 4.78 is 8.43. The molecule has 4 N–H and O–H groups in total. The van der Waals surface area contributed by atoms with Crippen LogP contribution in [0.3, 0.4) is 0 Å². The molecular formula is C27H30N6O2S. The summed E-state index contributed by atoms with van der Waals surface area (Å²) in [5, 5.41) is 7.37. The Morgan fingerprint density at radius 1 is 1.17 bits per heavy atom. The Labute approximate surface area is 214 Å². The highest BCUT2D eigenvalue weighted by Crippen LogP contribution is 2.45. The quantitative estimate of drug-likeness (QED) is 0.198. The van der Waals surface area contributed by atoms with Crippen LogP contribution in [0.4, 0.5) is 16.2 Å². The number of urea groups is 1. The van der Waals surface area contributed by atoms with Crippen molar-refractivity contribution >= 4 is 40.1 Å². The fraction of sp³-hybridized carbons (Fsp3) is 0.296. The fourth-order valence-electron chi connectivity index (χ4n) is 4.44. The van der Waals surface area contributed by atoms with Crippen LogP contribution in [0, 0.1) is 0 Å². The number of nitrogens with one attached hydrogen (secondary N) is 2. The van der Waals surface area contributed by atoms with Crippen molar-refractivity contribution < 1.29 is 9.53 Å². The third-order valence-corrected chi connectivity index (χ3v) is 6.87. The molecule has 0 unspecified atom stereocenters. The second-order valence-electron chi connectivity index (χ2n) is 9.21. The highest BCUT2D eigenvalue weighted by atomic mass is 32.2. The molecule has 4 aromatic rings. The van der Waals surface area contributed by atoms with Crippen molar-refractivity contribution in [1.29, 1.82) is 0 Å². The van der Waals surface area contributed by atoms with E-state index >= 15 is 0 Å². The van der Waals surface area contributed by atoms with Crippen LogP contribution in [0.15, 0.2) is 59.9 Å². The third-order valence-electron chi connectivity index (χ3n) is 6.30. The van der Waals surface area contributed by atoms with Crippen LogP contribution < -0.4 is 21.1 Å². The minimum absolute atomic E-state index is 0.0676. The number of hydrogen-bond acceptors (Lipinski definition) is 6. The first-order valence-corrected chi connectivity index (χ1v) is 13.3. The molecule has 0 bridgehead atoms. The number of amides is 2. The van der Waals surface area contributed by atoms with E-state index in [0.717, 1.165) is 46.4 Å². The number of nitrogens with zero attached hydrogens (tertiary/aromatic N) is 3. The molecule has 1 saturated carbocycles. The molecule has 1 fully saturated rings. The molecule has 0 radical (unpaired) electrons. The molecule has 186 valence electrons. The Morgan fingerprint density at radius 2 is 1.94 bits per heavy atom. The number of benzene rings is 2. The largest absolute Gasteiger partial charge is 0.439 e. The molecule has 0 aliphatic heterocycles. The van der Waals surface area contributed by atoms with E-state index in [1.54, 1.807) is 12.3 Å². The Bertz CT molecular complexity index is 1400. The van der Waals surface area contributed by atoms with Crippen molar-refractivity contribution in [3.05, 3.63) is 54.7 Å². The summed E-state index contributed by atoms with van der Waals surface area (Å²) >= 11 is 1.47. The number of aromatic nitrogens is 3. The highest BCUT2D eigenvalue weighted by Gasteiger charge is 2.27. The zero-order chi connectivity index (χ0) is 25.2. The number of anilines is 2. The first kappa shape index (κ1) is 24.0. The minimum Gasteiger partial charge on any atom is -0.439 e. The van der Waals surface area contributed by atoms with E-state index in [0.29, 0.717) is 22.8 Å². The van der Waals surface area contributed by atoms with Crippen molar-refractivity contribution in [3.8, 4) is 22.9 Å². The lowest BCUT2D eigenvalue weighted by Crippen LogP contribution is -2.34. The number of nitrogen functional groups attached to an aromatic ring is 1. The number of fused-ring (bicyclic) bond motifs is 1. The van der Waals surface area contributed by atoms with Crippen molar-refractivity contribution in [2.24, 2.45) is 0 Å². The van der Waals surface area contributed by atoms with Gasteiger partial charge in [0.05, 0.1) is 16.9 Å². The second-order valence-corrected chi connectivity index (χ2v) is 9.98. The van der Waals surface area contributed by atoms with Crippen LogP contribution in [0.1, 0.15) is 39.2 Å². The monoisotopic (exact) mass is 502 g/mol. The Hall–Kier alpha value is -3.72. The molecule has 2 heterocycles. The number of carbonyl (C=O) groups excluding carboxylic acids is 1. The van der Waals surface area contributed by atoms with Gasteiger partial charge in [-0.1, -0.05) is 23.9 Å².